The van der Waals surface area contributed by atoms with Crippen molar-refractivity contribution in [2.75, 3.05) is 45.6 Å². The molecule has 1 aromatic rings. The number of amides is 1. The smallest absolute Gasteiger partial charge is 0.319 e. The maximum absolute atomic E-state index is 12.4. The zero-order chi connectivity index (χ0) is 15.4. The third-order valence-corrected chi connectivity index (χ3v) is 3.98. The summed E-state index contributed by atoms with van der Waals surface area (Å²) < 4.78 is 5.49. The first kappa shape index (κ1) is 18.7. The molecule has 2 rings (SSSR count). The second-order valence-corrected chi connectivity index (χ2v) is 5.79. The molecule has 1 fully saturated rings. The number of esters is 1. The molecule has 6 nitrogen and oxygen atoms in total. The molecule has 122 valence electrons. The summed E-state index contributed by atoms with van der Waals surface area (Å²) in [6.45, 7) is 2.71. The average molecular weight is 393 g/mol. The van der Waals surface area contributed by atoms with E-state index in [2.05, 4.69) is 20.7 Å². The van der Waals surface area contributed by atoms with Crippen molar-refractivity contribution >= 4 is 45.9 Å². The van der Waals surface area contributed by atoms with Gasteiger partial charge in [0.25, 0.3) is 5.91 Å². The topological polar surface area (TPSA) is 75.9 Å². The molecule has 0 spiro atoms. The van der Waals surface area contributed by atoms with Crippen LogP contribution in [0.15, 0.2) is 22.7 Å². The Kier molecular flexibility index (Phi) is 7.12. The number of anilines is 1. The summed E-state index contributed by atoms with van der Waals surface area (Å²) in [6.07, 6.45) is 0. The summed E-state index contributed by atoms with van der Waals surface area (Å²) >= 11 is 3.32. The molecule has 1 heterocycles. The zero-order valence-electron chi connectivity index (χ0n) is 12.3. The van der Waals surface area contributed by atoms with Crippen molar-refractivity contribution in [1.82, 2.24) is 9.80 Å². The Labute approximate surface area is 144 Å². The van der Waals surface area contributed by atoms with Crippen LogP contribution in [0.1, 0.15) is 10.4 Å². The van der Waals surface area contributed by atoms with Gasteiger partial charge >= 0.3 is 5.97 Å². The monoisotopic (exact) mass is 391 g/mol. The van der Waals surface area contributed by atoms with Gasteiger partial charge in [0.1, 0.15) is 0 Å². The molecule has 1 saturated heterocycles. The Morgan fingerprint density at radius 3 is 2.45 bits per heavy atom. The number of nitrogens with two attached hydrogens (primary N) is 1. The highest BCUT2D eigenvalue weighted by Crippen LogP contribution is 2.20. The van der Waals surface area contributed by atoms with E-state index in [1.54, 1.807) is 23.1 Å². The average Bonchev–Trinajstić information content (AvgIpc) is 2.47. The number of nitrogen functional groups attached to an aromatic ring is 1. The fourth-order valence-electron chi connectivity index (χ4n) is 2.25. The third kappa shape index (κ3) is 4.59. The fourth-order valence-corrected chi connectivity index (χ4v) is 2.63. The summed E-state index contributed by atoms with van der Waals surface area (Å²) in [4.78, 5) is 27.4. The predicted molar refractivity (Wildman–Crippen MR) is 90.2 cm³/mol. The number of hydrogen-bond donors (Lipinski definition) is 1. The molecule has 0 aliphatic carbocycles. The number of carbonyl (C=O) groups is 2. The third-order valence-electron chi connectivity index (χ3n) is 3.48. The van der Waals surface area contributed by atoms with Crippen LogP contribution in [-0.4, -0.2) is 61.5 Å². The first-order chi connectivity index (χ1) is 10.0. The number of hydrogen-bond acceptors (Lipinski definition) is 5. The van der Waals surface area contributed by atoms with Crippen LogP contribution >= 0.6 is 28.3 Å². The number of rotatable bonds is 3. The van der Waals surface area contributed by atoms with Gasteiger partial charge < -0.3 is 15.4 Å². The van der Waals surface area contributed by atoms with Crippen LogP contribution in [0.2, 0.25) is 0 Å². The lowest BCUT2D eigenvalue weighted by atomic mass is 10.1. The van der Waals surface area contributed by atoms with Gasteiger partial charge in [-0.1, -0.05) is 15.9 Å². The van der Waals surface area contributed by atoms with Gasteiger partial charge in [-0.3, -0.25) is 14.5 Å². The molecule has 0 atom stereocenters. The Morgan fingerprint density at radius 2 is 1.91 bits per heavy atom. The van der Waals surface area contributed by atoms with Crippen LogP contribution in [-0.2, 0) is 9.53 Å². The summed E-state index contributed by atoms with van der Waals surface area (Å²) in [6, 6.07) is 5.25. The van der Waals surface area contributed by atoms with E-state index in [0.717, 1.165) is 4.47 Å². The maximum atomic E-state index is 12.4. The normalized spacial score (nSPS) is 15.1. The van der Waals surface area contributed by atoms with Crippen molar-refractivity contribution in [3.8, 4) is 0 Å². The van der Waals surface area contributed by atoms with Crippen molar-refractivity contribution in [1.29, 1.82) is 0 Å². The van der Waals surface area contributed by atoms with Gasteiger partial charge in [0.15, 0.2) is 0 Å². The summed E-state index contributed by atoms with van der Waals surface area (Å²) in [5.74, 6) is -0.329. The molecule has 0 aromatic heterocycles. The van der Waals surface area contributed by atoms with Crippen molar-refractivity contribution < 1.29 is 14.3 Å². The van der Waals surface area contributed by atoms with Gasteiger partial charge in [0, 0.05) is 36.3 Å². The lowest BCUT2D eigenvalue weighted by molar-refractivity contribution is -0.142. The quantitative estimate of drug-likeness (QED) is 0.621. The van der Waals surface area contributed by atoms with Gasteiger partial charge in [-0.25, -0.2) is 0 Å². The van der Waals surface area contributed by atoms with E-state index in [1.807, 2.05) is 4.90 Å². The van der Waals surface area contributed by atoms with Crippen LogP contribution < -0.4 is 5.73 Å². The first-order valence-electron chi connectivity index (χ1n) is 6.64. The van der Waals surface area contributed by atoms with Gasteiger partial charge in [0.2, 0.25) is 0 Å². The highest BCUT2D eigenvalue weighted by Gasteiger charge is 2.24. The van der Waals surface area contributed by atoms with E-state index < -0.39 is 0 Å². The number of nitrogens with zero attached hydrogens (tertiary/aromatic N) is 2. The van der Waals surface area contributed by atoms with Crippen molar-refractivity contribution in [3.05, 3.63) is 28.2 Å². The Morgan fingerprint density at radius 1 is 1.27 bits per heavy atom. The predicted octanol–water partition coefficient (Wildman–Crippen LogP) is 1.38. The number of benzene rings is 1. The second-order valence-electron chi connectivity index (χ2n) is 4.88. The Hall–Kier alpha value is -1.31. The molecule has 2 N–H and O–H groups in total. The first-order valence-corrected chi connectivity index (χ1v) is 7.44. The summed E-state index contributed by atoms with van der Waals surface area (Å²) in [5.41, 5.74) is 6.87. The number of ether oxygens (including phenoxy) is 1. The standard InChI is InChI=1S/C14H18BrN3O3.ClH/c1-21-13(19)9-17-4-6-18(7-5-17)14(20)11-3-2-10(15)8-12(11)16;/h2-3,8H,4-7,9,16H2,1H3;1H. The minimum Gasteiger partial charge on any atom is -0.468 e. The second kappa shape index (κ2) is 8.36. The van der Waals surface area contributed by atoms with E-state index in [9.17, 15) is 9.59 Å². The molecule has 1 aliphatic rings. The molecular formula is C14H19BrClN3O3. The van der Waals surface area contributed by atoms with E-state index in [1.165, 1.54) is 7.11 Å². The molecule has 1 aliphatic heterocycles. The lowest BCUT2D eigenvalue weighted by Gasteiger charge is -2.34. The molecule has 0 bridgehead atoms. The van der Waals surface area contributed by atoms with Crippen LogP contribution in [0.25, 0.3) is 0 Å². The Bertz CT molecular complexity index is 548. The van der Waals surface area contributed by atoms with Crippen molar-refractivity contribution in [2.24, 2.45) is 0 Å². The molecule has 8 heteroatoms. The minimum atomic E-state index is -0.257. The SMILES string of the molecule is COC(=O)CN1CCN(C(=O)c2ccc(Br)cc2N)CC1.Cl. The fraction of sp³-hybridized carbons (Fsp3) is 0.429. The van der Waals surface area contributed by atoms with Gasteiger partial charge in [-0.2, -0.15) is 0 Å². The molecule has 22 heavy (non-hydrogen) atoms. The maximum Gasteiger partial charge on any atom is 0.319 e. The lowest BCUT2D eigenvalue weighted by Crippen LogP contribution is -2.50. The molecule has 1 aromatic carbocycles. The Balaban J connectivity index is 0.00000242. The van der Waals surface area contributed by atoms with Crippen LogP contribution in [0.4, 0.5) is 5.69 Å². The molecule has 1 amide bonds. The van der Waals surface area contributed by atoms with Crippen molar-refractivity contribution in [2.45, 2.75) is 0 Å². The number of carbonyl (C=O) groups excluding carboxylic acids is 2. The van der Waals surface area contributed by atoms with E-state index in [0.29, 0.717) is 37.4 Å². The highest BCUT2D eigenvalue weighted by atomic mass is 79.9. The number of piperazine rings is 1. The van der Waals surface area contributed by atoms with E-state index >= 15 is 0 Å². The minimum absolute atomic E-state index is 0. The van der Waals surface area contributed by atoms with E-state index in [-0.39, 0.29) is 30.8 Å². The molecular weight excluding hydrogens is 374 g/mol. The number of methoxy groups -OCH3 is 1. The molecule has 0 radical (unpaired) electrons. The van der Waals surface area contributed by atoms with Crippen LogP contribution in [0, 0.1) is 0 Å². The molecule has 0 unspecified atom stereocenters. The van der Waals surface area contributed by atoms with Gasteiger partial charge in [0.05, 0.1) is 19.2 Å². The van der Waals surface area contributed by atoms with Crippen LogP contribution in [0.5, 0.6) is 0 Å². The van der Waals surface area contributed by atoms with E-state index in [4.69, 9.17) is 5.73 Å². The van der Waals surface area contributed by atoms with Gasteiger partial charge in [-0.15, -0.1) is 12.4 Å². The molecule has 0 saturated carbocycles. The van der Waals surface area contributed by atoms with Gasteiger partial charge in [-0.05, 0) is 18.2 Å². The number of halogens is 2. The van der Waals surface area contributed by atoms with Crippen molar-refractivity contribution in [3.63, 3.8) is 0 Å². The zero-order valence-corrected chi connectivity index (χ0v) is 14.7. The van der Waals surface area contributed by atoms with Crippen LogP contribution in [0.3, 0.4) is 0 Å². The highest BCUT2D eigenvalue weighted by molar-refractivity contribution is 9.10. The summed E-state index contributed by atoms with van der Waals surface area (Å²) in [5, 5.41) is 0. The summed E-state index contributed by atoms with van der Waals surface area (Å²) in [7, 11) is 1.37. The largest absolute Gasteiger partial charge is 0.468 e.